The van der Waals surface area contributed by atoms with Gasteiger partial charge in [0.05, 0.1) is 5.02 Å². The van der Waals surface area contributed by atoms with Crippen LogP contribution in [0.15, 0.2) is 11.1 Å². The number of rotatable bonds is 2. The lowest BCUT2D eigenvalue weighted by atomic mass is 10.4. The second kappa shape index (κ2) is 4.64. The number of hydrogen-bond acceptors (Lipinski definition) is 3. The van der Waals surface area contributed by atoms with E-state index in [0.29, 0.717) is 0 Å². The highest BCUT2D eigenvalue weighted by molar-refractivity contribution is 14.1. The molecule has 0 unspecified atom stereocenters. The van der Waals surface area contributed by atoms with Gasteiger partial charge in [-0.2, -0.15) is 0 Å². The molecule has 0 aliphatic rings. The first kappa shape index (κ1) is 13.3. The van der Waals surface area contributed by atoms with Crippen molar-refractivity contribution >= 4 is 53.9 Å². The van der Waals surface area contributed by atoms with Gasteiger partial charge in [-0.1, -0.05) is 11.6 Å². The molecule has 0 aliphatic heterocycles. The highest BCUT2D eigenvalue weighted by Gasteiger charge is 2.22. The SMILES string of the molecule is O=S(=O)(Cl)c1nc(C(F)F)cc(I)c1Cl. The topological polar surface area (TPSA) is 47.0 Å². The number of pyridine rings is 1. The average Bonchev–Trinajstić information content (AvgIpc) is 2.06. The summed E-state index contributed by atoms with van der Waals surface area (Å²) in [5.74, 6) is 0. The van der Waals surface area contributed by atoms with Crippen LogP contribution in [0.25, 0.3) is 0 Å². The average molecular weight is 388 g/mol. The van der Waals surface area contributed by atoms with Gasteiger partial charge >= 0.3 is 0 Å². The molecule has 15 heavy (non-hydrogen) atoms. The van der Waals surface area contributed by atoms with E-state index in [2.05, 4.69) is 4.98 Å². The van der Waals surface area contributed by atoms with Crippen molar-refractivity contribution in [2.24, 2.45) is 0 Å². The zero-order chi connectivity index (χ0) is 11.8. The lowest BCUT2D eigenvalue weighted by Crippen LogP contribution is -2.02. The lowest BCUT2D eigenvalue weighted by molar-refractivity contribution is 0.145. The van der Waals surface area contributed by atoms with Crippen LogP contribution in [0.5, 0.6) is 0 Å². The molecular weight excluding hydrogens is 386 g/mol. The van der Waals surface area contributed by atoms with Crippen molar-refractivity contribution in [3.8, 4) is 0 Å². The molecule has 0 aromatic carbocycles. The zero-order valence-corrected chi connectivity index (χ0v) is 11.2. The molecule has 0 atom stereocenters. The fraction of sp³-hybridized carbons (Fsp3) is 0.167. The Morgan fingerprint density at radius 2 is 2.00 bits per heavy atom. The summed E-state index contributed by atoms with van der Waals surface area (Å²) in [7, 11) is 0.769. The molecule has 1 heterocycles. The Labute approximate surface area is 107 Å². The fourth-order valence-electron chi connectivity index (χ4n) is 0.767. The normalized spacial score (nSPS) is 12.1. The van der Waals surface area contributed by atoms with E-state index in [1.165, 1.54) is 0 Å². The minimum Gasteiger partial charge on any atom is -0.233 e. The number of aromatic nitrogens is 1. The second-order valence-corrected chi connectivity index (χ2v) is 6.41. The smallest absolute Gasteiger partial charge is 0.233 e. The van der Waals surface area contributed by atoms with Crippen molar-refractivity contribution in [2.75, 3.05) is 0 Å². The van der Waals surface area contributed by atoms with Gasteiger partial charge in [0.2, 0.25) is 0 Å². The molecule has 0 amide bonds. The molecule has 9 heteroatoms. The van der Waals surface area contributed by atoms with Crippen molar-refractivity contribution in [3.05, 3.63) is 20.4 Å². The van der Waals surface area contributed by atoms with E-state index in [1.54, 1.807) is 22.6 Å². The van der Waals surface area contributed by atoms with Crippen molar-refractivity contribution in [2.45, 2.75) is 11.5 Å². The first-order valence-corrected chi connectivity index (χ1v) is 7.09. The maximum absolute atomic E-state index is 12.3. The Morgan fingerprint density at radius 1 is 1.47 bits per heavy atom. The molecule has 0 radical (unpaired) electrons. The molecule has 0 aliphatic carbocycles. The van der Waals surface area contributed by atoms with Gasteiger partial charge in [-0.05, 0) is 28.7 Å². The third-order valence-corrected chi connectivity index (χ3v) is 4.22. The highest BCUT2D eigenvalue weighted by Crippen LogP contribution is 2.30. The van der Waals surface area contributed by atoms with Crippen LogP contribution in [-0.4, -0.2) is 13.4 Å². The van der Waals surface area contributed by atoms with E-state index < -0.39 is 26.2 Å². The van der Waals surface area contributed by atoms with E-state index in [1.807, 2.05) is 0 Å². The van der Waals surface area contributed by atoms with Gasteiger partial charge in [-0.25, -0.2) is 22.2 Å². The Balaban J connectivity index is 3.52. The van der Waals surface area contributed by atoms with Crippen LogP contribution in [0.1, 0.15) is 12.1 Å². The Hall–Kier alpha value is 0.270. The molecule has 84 valence electrons. The van der Waals surface area contributed by atoms with E-state index in [-0.39, 0.29) is 8.59 Å². The van der Waals surface area contributed by atoms with Gasteiger partial charge in [0.1, 0.15) is 5.69 Å². The number of nitrogens with zero attached hydrogens (tertiary/aromatic N) is 1. The second-order valence-electron chi connectivity index (χ2n) is 2.39. The third kappa shape index (κ3) is 3.11. The molecule has 0 bridgehead atoms. The van der Waals surface area contributed by atoms with E-state index in [0.717, 1.165) is 6.07 Å². The predicted molar refractivity (Wildman–Crippen MR) is 60.0 cm³/mol. The monoisotopic (exact) mass is 387 g/mol. The van der Waals surface area contributed by atoms with Crippen molar-refractivity contribution in [1.82, 2.24) is 4.98 Å². The third-order valence-electron chi connectivity index (χ3n) is 1.36. The van der Waals surface area contributed by atoms with Crippen LogP contribution < -0.4 is 0 Å². The van der Waals surface area contributed by atoms with E-state index in [9.17, 15) is 17.2 Å². The molecule has 0 saturated carbocycles. The molecule has 0 spiro atoms. The van der Waals surface area contributed by atoms with E-state index >= 15 is 0 Å². The molecule has 1 aromatic rings. The number of hydrogen-bond donors (Lipinski definition) is 0. The van der Waals surface area contributed by atoms with Gasteiger partial charge in [0.25, 0.3) is 15.5 Å². The van der Waals surface area contributed by atoms with Crippen LogP contribution in [0, 0.1) is 3.57 Å². The molecular formula is C6H2Cl2F2INO2S. The van der Waals surface area contributed by atoms with Gasteiger partial charge in [0, 0.05) is 14.3 Å². The number of halogens is 5. The Bertz CT molecular complexity index is 494. The summed E-state index contributed by atoms with van der Waals surface area (Å²) in [6.45, 7) is 0. The Morgan fingerprint density at radius 3 is 2.40 bits per heavy atom. The molecule has 0 N–H and O–H groups in total. The highest BCUT2D eigenvalue weighted by atomic mass is 127. The van der Waals surface area contributed by atoms with Gasteiger partial charge < -0.3 is 0 Å². The minimum atomic E-state index is -4.22. The summed E-state index contributed by atoms with van der Waals surface area (Å²) in [5.41, 5.74) is -0.678. The van der Waals surface area contributed by atoms with Crippen molar-refractivity contribution in [3.63, 3.8) is 0 Å². The van der Waals surface area contributed by atoms with Crippen molar-refractivity contribution in [1.29, 1.82) is 0 Å². The van der Waals surface area contributed by atoms with Gasteiger partial charge in [0.15, 0.2) is 5.03 Å². The maximum Gasteiger partial charge on any atom is 0.280 e. The quantitative estimate of drug-likeness (QED) is 0.578. The summed E-state index contributed by atoms with van der Waals surface area (Å²) in [6, 6.07) is 0.999. The first-order valence-electron chi connectivity index (χ1n) is 3.32. The minimum absolute atomic E-state index is 0.152. The van der Waals surface area contributed by atoms with E-state index in [4.69, 9.17) is 22.3 Å². The Kier molecular flexibility index (Phi) is 4.13. The first-order chi connectivity index (χ1) is 6.73. The molecule has 1 rings (SSSR count). The maximum atomic E-state index is 12.3. The van der Waals surface area contributed by atoms with Gasteiger partial charge in [-0.15, -0.1) is 0 Å². The summed E-state index contributed by atoms with van der Waals surface area (Å²) in [5, 5.41) is -0.997. The van der Waals surface area contributed by atoms with Gasteiger partial charge in [-0.3, -0.25) is 0 Å². The zero-order valence-electron chi connectivity index (χ0n) is 6.72. The summed E-state index contributed by atoms with van der Waals surface area (Å²) in [4.78, 5) is 3.20. The van der Waals surface area contributed by atoms with Crippen LogP contribution in [-0.2, 0) is 9.05 Å². The van der Waals surface area contributed by atoms with Crippen LogP contribution in [0.3, 0.4) is 0 Å². The fourth-order valence-corrected chi connectivity index (χ4v) is 2.92. The van der Waals surface area contributed by atoms with Crippen LogP contribution in [0.2, 0.25) is 5.02 Å². The molecule has 0 saturated heterocycles. The summed E-state index contributed by atoms with van der Waals surface area (Å²) < 4.78 is 46.7. The largest absolute Gasteiger partial charge is 0.280 e. The lowest BCUT2D eigenvalue weighted by Gasteiger charge is -2.05. The standard InChI is InChI=1S/C6H2Cl2F2INO2S/c7-4-2(11)1-3(5(9)10)12-6(4)15(8,13)14/h1,5H. The number of alkyl halides is 2. The predicted octanol–water partition coefficient (Wildman–Crippen LogP) is 3.20. The van der Waals surface area contributed by atoms with Crippen LogP contribution in [0.4, 0.5) is 8.78 Å². The molecule has 0 fully saturated rings. The van der Waals surface area contributed by atoms with Crippen LogP contribution >= 0.6 is 44.9 Å². The summed E-state index contributed by atoms with van der Waals surface area (Å²) in [6.07, 6.45) is -2.88. The van der Waals surface area contributed by atoms with Crippen molar-refractivity contribution < 1.29 is 17.2 Å². The molecule has 3 nitrogen and oxygen atoms in total. The molecule has 1 aromatic heterocycles. The summed E-state index contributed by atoms with van der Waals surface area (Å²) >= 11 is 7.20.